The summed E-state index contributed by atoms with van der Waals surface area (Å²) in [7, 11) is 1.67. The van der Waals surface area contributed by atoms with E-state index in [9.17, 15) is 4.79 Å². The van der Waals surface area contributed by atoms with Crippen molar-refractivity contribution in [1.29, 1.82) is 0 Å². The van der Waals surface area contributed by atoms with Crippen LogP contribution in [-0.4, -0.2) is 59.8 Å². The van der Waals surface area contributed by atoms with E-state index in [2.05, 4.69) is 46.3 Å². The molecule has 2 heterocycles. The first-order valence-electron chi connectivity index (χ1n) is 11.7. The molecule has 35 heavy (non-hydrogen) atoms. The number of rotatable bonds is 7. The summed E-state index contributed by atoms with van der Waals surface area (Å²) in [6.45, 7) is 3.07. The summed E-state index contributed by atoms with van der Waals surface area (Å²) >= 11 is 1.46. The number of carbonyl (C=O) groups is 1. The second-order valence-corrected chi connectivity index (χ2v) is 9.32. The van der Waals surface area contributed by atoms with Gasteiger partial charge in [0.25, 0.3) is 0 Å². The van der Waals surface area contributed by atoms with E-state index in [4.69, 9.17) is 9.72 Å². The third-order valence-electron chi connectivity index (χ3n) is 6.19. The molecule has 3 aromatic carbocycles. The molecule has 1 aromatic heterocycles. The summed E-state index contributed by atoms with van der Waals surface area (Å²) < 4.78 is 5.25. The molecule has 1 saturated heterocycles. The van der Waals surface area contributed by atoms with Gasteiger partial charge in [0.05, 0.1) is 24.3 Å². The van der Waals surface area contributed by atoms with Gasteiger partial charge in [-0.15, -0.1) is 0 Å². The molecule has 0 spiro atoms. The molecule has 0 saturated carbocycles. The largest absolute Gasteiger partial charge is 0.497 e. The number of aromatic amines is 1. The summed E-state index contributed by atoms with van der Waals surface area (Å²) in [5, 5.41) is 0.757. The van der Waals surface area contributed by atoms with E-state index in [1.165, 1.54) is 11.8 Å². The Hall–Kier alpha value is -3.71. The smallest absolute Gasteiger partial charge is 0.233 e. The van der Waals surface area contributed by atoms with Crippen molar-refractivity contribution >= 4 is 23.4 Å². The number of ether oxygens (including phenoxy) is 1. The highest BCUT2D eigenvalue weighted by Crippen LogP contribution is 2.32. The number of carbonyl (C=O) groups excluding carboxylic acids is 1. The minimum atomic E-state index is 0.142. The van der Waals surface area contributed by atoms with Crippen molar-refractivity contribution in [1.82, 2.24) is 14.9 Å². The van der Waals surface area contributed by atoms with Gasteiger partial charge in [-0.05, 0) is 24.3 Å². The number of anilines is 1. The van der Waals surface area contributed by atoms with Gasteiger partial charge >= 0.3 is 0 Å². The fourth-order valence-corrected chi connectivity index (χ4v) is 5.04. The van der Waals surface area contributed by atoms with Gasteiger partial charge in [-0.1, -0.05) is 72.4 Å². The molecule has 4 aromatic rings. The number of amides is 1. The highest BCUT2D eigenvalue weighted by atomic mass is 32.2. The van der Waals surface area contributed by atoms with E-state index in [0.717, 1.165) is 52.2 Å². The summed E-state index contributed by atoms with van der Waals surface area (Å²) in [5.74, 6) is 1.35. The van der Waals surface area contributed by atoms with Crippen LogP contribution in [-0.2, 0) is 4.79 Å². The number of nitrogens with zero attached hydrogens (tertiary/aromatic N) is 3. The Morgan fingerprint density at radius 1 is 0.886 bits per heavy atom. The van der Waals surface area contributed by atoms with Crippen molar-refractivity contribution in [2.45, 2.75) is 5.16 Å². The Balaban J connectivity index is 1.23. The van der Waals surface area contributed by atoms with E-state index in [1.54, 1.807) is 7.11 Å². The van der Waals surface area contributed by atoms with Gasteiger partial charge in [0.15, 0.2) is 5.16 Å². The third kappa shape index (κ3) is 5.35. The molecule has 0 radical (unpaired) electrons. The van der Waals surface area contributed by atoms with Crippen LogP contribution in [0.3, 0.4) is 0 Å². The second kappa shape index (κ2) is 10.7. The number of imidazole rings is 1. The first-order valence-corrected chi connectivity index (χ1v) is 12.7. The molecule has 1 N–H and O–H groups in total. The highest BCUT2D eigenvalue weighted by Gasteiger charge is 2.22. The first-order chi connectivity index (χ1) is 17.2. The number of thioether (sulfide) groups is 1. The Morgan fingerprint density at radius 3 is 2.14 bits per heavy atom. The molecular formula is C28H28N4O2S. The molecule has 5 rings (SSSR count). The summed E-state index contributed by atoms with van der Waals surface area (Å²) in [4.78, 5) is 25.5. The SMILES string of the molecule is COc1ccc(N2CCN(C(=O)CSc3nc(-c4ccccc4)c(-c4ccccc4)[nH]3)CC2)cc1. The zero-order valence-electron chi connectivity index (χ0n) is 19.7. The number of nitrogens with one attached hydrogen (secondary N) is 1. The fraction of sp³-hybridized carbons (Fsp3) is 0.214. The standard InChI is InChI=1S/C28H28N4O2S/c1-34-24-14-12-23(13-15-24)31-16-18-32(19-17-31)25(33)20-35-28-29-26(21-8-4-2-5-9-21)27(30-28)22-10-6-3-7-11-22/h2-15H,16-20H2,1H3,(H,29,30). The molecule has 0 atom stereocenters. The van der Waals surface area contributed by atoms with Crippen molar-refractivity contribution in [3.8, 4) is 28.3 Å². The van der Waals surface area contributed by atoms with Gasteiger partial charge in [0, 0.05) is 43.0 Å². The van der Waals surface area contributed by atoms with E-state index >= 15 is 0 Å². The predicted octanol–water partition coefficient (Wildman–Crippen LogP) is 5.19. The van der Waals surface area contributed by atoms with Crippen molar-refractivity contribution < 1.29 is 9.53 Å². The van der Waals surface area contributed by atoms with Gasteiger partial charge in [0.1, 0.15) is 5.75 Å². The summed E-state index contributed by atoms with van der Waals surface area (Å²) in [6.07, 6.45) is 0. The summed E-state index contributed by atoms with van der Waals surface area (Å²) in [5.41, 5.74) is 5.16. The topological polar surface area (TPSA) is 61.5 Å². The lowest BCUT2D eigenvalue weighted by molar-refractivity contribution is -0.128. The van der Waals surface area contributed by atoms with E-state index in [0.29, 0.717) is 18.8 Å². The summed E-state index contributed by atoms with van der Waals surface area (Å²) in [6, 6.07) is 28.4. The number of methoxy groups -OCH3 is 1. The van der Waals surface area contributed by atoms with Crippen LogP contribution < -0.4 is 9.64 Å². The Bertz CT molecular complexity index is 1190. The van der Waals surface area contributed by atoms with Crippen LogP contribution in [0.5, 0.6) is 5.75 Å². The third-order valence-corrected chi connectivity index (χ3v) is 7.05. The number of piperazine rings is 1. The maximum atomic E-state index is 13.0. The molecule has 0 aliphatic carbocycles. The van der Waals surface area contributed by atoms with Crippen molar-refractivity contribution in [3.63, 3.8) is 0 Å². The first kappa shape index (κ1) is 23.1. The number of aromatic nitrogens is 2. The van der Waals surface area contributed by atoms with Gasteiger partial charge in [-0.25, -0.2) is 4.98 Å². The molecule has 1 fully saturated rings. The quantitative estimate of drug-likeness (QED) is 0.366. The van der Waals surface area contributed by atoms with E-state index in [1.807, 2.05) is 53.4 Å². The minimum absolute atomic E-state index is 0.142. The van der Waals surface area contributed by atoms with Gasteiger partial charge in [0.2, 0.25) is 5.91 Å². The van der Waals surface area contributed by atoms with Crippen LogP contribution in [0.15, 0.2) is 90.1 Å². The monoisotopic (exact) mass is 484 g/mol. The lowest BCUT2D eigenvalue weighted by Gasteiger charge is -2.36. The van der Waals surface area contributed by atoms with Crippen molar-refractivity contribution in [2.24, 2.45) is 0 Å². The molecule has 7 heteroatoms. The fourth-order valence-electron chi connectivity index (χ4n) is 4.27. The number of hydrogen-bond donors (Lipinski definition) is 1. The van der Waals surface area contributed by atoms with Crippen molar-refractivity contribution in [3.05, 3.63) is 84.9 Å². The zero-order chi connectivity index (χ0) is 24.0. The molecular weight excluding hydrogens is 456 g/mol. The number of benzene rings is 3. The van der Waals surface area contributed by atoms with Gasteiger partial charge in [-0.3, -0.25) is 4.79 Å². The van der Waals surface area contributed by atoms with Gasteiger partial charge in [-0.2, -0.15) is 0 Å². The molecule has 1 amide bonds. The average Bonchev–Trinajstić information content (AvgIpc) is 3.37. The van der Waals surface area contributed by atoms with Crippen LogP contribution in [0, 0.1) is 0 Å². The highest BCUT2D eigenvalue weighted by molar-refractivity contribution is 7.99. The van der Waals surface area contributed by atoms with Crippen LogP contribution in [0.1, 0.15) is 0 Å². The Morgan fingerprint density at radius 2 is 1.51 bits per heavy atom. The van der Waals surface area contributed by atoms with Crippen LogP contribution in [0.4, 0.5) is 5.69 Å². The minimum Gasteiger partial charge on any atom is -0.497 e. The lowest BCUT2D eigenvalue weighted by atomic mass is 10.1. The number of H-pyrrole nitrogens is 1. The zero-order valence-corrected chi connectivity index (χ0v) is 20.5. The normalized spacial score (nSPS) is 13.6. The van der Waals surface area contributed by atoms with Gasteiger partial charge < -0.3 is 19.5 Å². The van der Waals surface area contributed by atoms with Crippen LogP contribution in [0.2, 0.25) is 0 Å². The molecule has 0 unspecified atom stereocenters. The lowest BCUT2D eigenvalue weighted by Crippen LogP contribution is -2.49. The number of hydrogen-bond acceptors (Lipinski definition) is 5. The average molecular weight is 485 g/mol. The maximum absolute atomic E-state index is 13.0. The van der Waals surface area contributed by atoms with Crippen LogP contribution in [0.25, 0.3) is 22.5 Å². The molecule has 0 bridgehead atoms. The molecule has 178 valence electrons. The predicted molar refractivity (Wildman–Crippen MR) is 142 cm³/mol. The van der Waals surface area contributed by atoms with Crippen LogP contribution >= 0.6 is 11.8 Å². The second-order valence-electron chi connectivity index (χ2n) is 8.35. The van der Waals surface area contributed by atoms with Crippen molar-refractivity contribution in [2.75, 3.05) is 43.9 Å². The molecule has 6 nitrogen and oxygen atoms in total. The maximum Gasteiger partial charge on any atom is 0.233 e. The Labute approximate surface area is 209 Å². The Kier molecular flexibility index (Phi) is 7.04. The van der Waals surface area contributed by atoms with E-state index < -0.39 is 0 Å². The molecule has 1 aliphatic rings. The molecule has 1 aliphatic heterocycles. The van der Waals surface area contributed by atoms with E-state index in [-0.39, 0.29) is 5.91 Å².